The van der Waals surface area contributed by atoms with Crippen LogP contribution >= 0.6 is 11.6 Å². The van der Waals surface area contributed by atoms with Gasteiger partial charge in [0.15, 0.2) is 0 Å². The van der Waals surface area contributed by atoms with Crippen LogP contribution in [0.1, 0.15) is 42.4 Å². The van der Waals surface area contributed by atoms with Gasteiger partial charge < -0.3 is 5.32 Å². The number of benzene rings is 1. The van der Waals surface area contributed by atoms with Gasteiger partial charge in [0.05, 0.1) is 5.69 Å². The van der Waals surface area contributed by atoms with E-state index in [9.17, 15) is 0 Å². The van der Waals surface area contributed by atoms with E-state index >= 15 is 0 Å². The maximum absolute atomic E-state index is 6.44. The molecular weight excluding hydrogens is 282 g/mol. The number of rotatable bonds is 6. The fraction of sp³-hybridized carbons (Fsp3) is 0.471. The Morgan fingerprint density at radius 2 is 2.00 bits per heavy atom. The van der Waals surface area contributed by atoms with Gasteiger partial charge in [-0.05, 0) is 50.6 Å². The molecule has 2 rings (SSSR count). The van der Waals surface area contributed by atoms with Crippen LogP contribution in [0.4, 0.5) is 0 Å². The van der Waals surface area contributed by atoms with Crippen molar-refractivity contribution in [2.24, 2.45) is 0 Å². The van der Waals surface area contributed by atoms with Gasteiger partial charge in [-0.15, -0.1) is 0 Å². The Hall–Kier alpha value is -1.32. The van der Waals surface area contributed by atoms with Crippen molar-refractivity contribution in [2.75, 3.05) is 6.54 Å². The summed E-state index contributed by atoms with van der Waals surface area (Å²) in [5.74, 6) is 0. The van der Waals surface area contributed by atoms with Crippen molar-refractivity contribution in [2.45, 2.75) is 46.7 Å². The second-order valence-electron chi connectivity index (χ2n) is 5.43. The van der Waals surface area contributed by atoms with Gasteiger partial charge in [0, 0.05) is 29.7 Å². The molecule has 0 fully saturated rings. The molecule has 1 atom stereocenters. The molecule has 0 aliphatic carbocycles. The topological polar surface area (TPSA) is 29.9 Å². The molecule has 0 amide bonds. The van der Waals surface area contributed by atoms with E-state index in [0.717, 1.165) is 35.8 Å². The van der Waals surface area contributed by atoms with Gasteiger partial charge in [-0.2, -0.15) is 5.10 Å². The summed E-state index contributed by atoms with van der Waals surface area (Å²) in [7, 11) is 0. The summed E-state index contributed by atoms with van der Waals surface area (Å²) >= 11 is 6.44. The molecule has 2 aromatic rings. The van der Waals surface area contributed by atoms with Crippen molar-refractivity contribution in [3.63, 3.8) is 0 Å². The van der Waals surface area contributed by atoms with Crippen LogP contribution in [0.3, 0.4) is 0 Å². The first-order valence-corrected chi connectivity index (χ1v) is 7.95. The van der Waals surface area contributed by atoms with Crippen molar-refractivity contribution in [3.05, 3.63) is 51.8 Å². The summed E-state index contributed by atoms with van der Waals surface area (Å²) in [6.07, 6.45) is 0.894. The standard InChI is InChI=1S/C17H24ClN3/c1-5-19-17(15-8-7-12(3)9-16(15)18)11-14-10-13(4)20-21(14)6-2/h7-10,17,19H,5-6,11H2,1-4H3. The van der Waals surface area contributed by atoms with E-state index in [1.807, 2.05) is 13.0 Å². The van der Waals surface area contributed by atoms with Crippen LogP contribution in [0.15, 0.2) is 24.3 Å². The van der Waals surface area contributed by atoms with Crippen molar-refractivity contribution in [1.29, 1.82) is 0 Å². The molecule has 0 saturated carbocycles. The number of aromatic nitrogens is 2. The van der Waals surface area contributed by atoms with Gasteiger partial charge in [-0.1, -0.05) is 30.7 Å². The van der Waals surface area contributed by atoms with Gasteiger partial charge in [0.1, 0.15) is 0 Å². The molecule has 3 nitrogen and oxygen atoms in total. The summed E-state index contributed by atoms with van der Waals surface area (Å²) in [6, 6.07) is 8.65. The lowest BCUT2D eigenvalue weighted by Gasteiger charge is -2.20. The normalized spacial score (nSPS) is 12.6. The van der Waals surface area contributed by atoms with Crippen LogP contribution in [0, 0.1) is 13.8 Å². The summed E-state index contributed by atoms with van der Waals surface area (Å²) < 4.78 is 2.07. The molecule has 114 valence electrons. The average molecular weight is 306 g/mol. The first-order chi connectivity index (χ1) is 10.0. The lowest BCUT2D eigenvalue weighted by atomic mass is 10.00. The minimum atomic E-state index is 0.212. The number of aryl methyl sites for hydroxylation is 3. The smallest absolute Gasteiger partial charge is 0.0596 e. The van der Waals surface area contributed by atoms with Crippen LogP contribution in [0.2, 0.25) is 5.02 Å². The number of hydrogen-bond donors (Lipinski definition) is 1. The van der Waals surface area contributed by atoms with E-state index in [2.05, 4.69) is 54.1 Å². The number of likely N-dealkylation sites (N-methyl/N-ethyl adjacent to an activating group) is 1. The Morgan fingerprint density at radius 3 is 2.62 bits per heavy atom. The lowest BCUT2D eigenvalue weighted by Crippen LogP contribution is -2.24. The van der Waals surface area contributed by atoms with Crippen LogP contribution < -0.4 is 5.32 Å². The maximum atomic E-state index is 6.44. The molecule has 0 saturated heterocycles. The highest BCUT2D eigenvalue weighted by Gasteiger charge is 2.17. The summed E-state index contributed by atoms with van der Waals surface area (Å²) in [6.45, 7) is 10.1. The predicted octanol–water partition coefficient (Wildman–Crippen LogP) is 4.07. The SMILES string of the molecule is CCNC(Cc1cc(C)nn1CC)c1ccc(C)cc1Cl. The van der Waals surface area contributed by atoms with Crippen LogP contribution in [0.5, 0.6) is 0 Å². The van der Waals surface area contributed by atoms with E-state index in [4.69, 9.17) is 11.6 Å². The molecule has 0 spiro atoms. The Kier molecular flexibility index (Phi) is 5.43. The lowest BCUT2D eigenvalue weighted by molar-refractivity contribution is 0.516. The first-order valence-electron chi connectivity index (χ1n) is 7.57. The van der Waals surface area contributed by atoms with E-state index in [0.29, 0.717) is 0 Å². The minimum Gasteiger partial charge on any atom is -0.310 e. The fourth-order valence-corrected chi connectivity index (χ4v) is 3.07. The predicted molar refractivity (Wildman–Crippen MR) is 88.9 cm³/mol. The van der Waals surface area contributed by atoms with E-state index in [1.54, 1.807) is 0 Å². The summed E-state index contributed by atoms with van der Waals surface area (Å²) in [5.41, 5.74) is 4.66. The summed E-state index contributed by atoms with van der Waals surface area (Å²) in [4.78, 5) is 0. The van der Waals surface area contributed by atoms with Gasteiger partial charge in [0.2, 0.25) is 0 Å². The molecule has 0 radical (unpaired) electrons. The third kappa shape index (κ3) is 3.86. The van der Waals surface area contributed by atoms with Gasteiger partial charge in [0.25, 0.3) is 0 Å². The molecule has 21 heavy (non-hydrogen) atoms. The summed E-state index contributed by atoms with van der Waals surface area (Å²) in [5, 5.41) is 8.90. The molecule has 0 aliphatic heterocycles. The zero-order chi connectivity index (χ0) is 15.4. The number of nitrogens with one attached hydrogen (secondary N) is 1. The molecular formula is C17H24ClN3. The molecule has 0 aliphatic rings. The molecule has 1 N–H and O–H groups in total. The van der Waals surface area contributed by atoms with E-state index < -0.39 is 0 Å². The van der Waals surface area contributed by atoms with Crippen molar-refractivity contribution in [3.8, 4) is 0 Å². The highest BCUT2D eigenvalue weighted by Crippen LogP contribution is 2.27. The van der Waals surface area contributed by atoms with E-state index in [-0.39, 0.29) is 6.04 Å². The Morgan fingerprint density at radius 1 is 1.24 bits per heavy atom. The molecule has 1 aromatic heterocycles. The van der Waals surface area contributed by atoms with Crippen LogP contribution in [0.25, 0.3) is 0 Å². The van der Waals surface area contributed by atoms with Crippen molar-refractivity contribution >= 4 is 11.6 Å². The molecule has 1 aromatic carbocycles. The number of hydrogen-bond acceptors (Lipinski definition) is 2. The highest BCUT2D eigenvalue weighted by atomic mass is 35.5. The monoisotopic (exact) mass is 305 g/mol. The number of halogens is 1. The van der Waals surface area contributed by atoms with Crippen molar-refractivity contribution in [1.82, 2.24) is 15.1 Å². The van der Waals surface area contributed by atoms with Crippen LogP contribution in [-0.4, -0.2) is 16.3 Å². The first kappa shape index (κ1) is 16.1. The zero-order valence-electron chi connectivity index (χ0n) is 13.3. The quantitative estimate of drug-likeness (QED) is 0.872. The van der Waals surface area contributed by atoms with Crippen LogP contribution in [-0.2, 0) is 13.0 Å². The van der Waals surface area contributed by atoms with Crippen molar-refractivity contribution < 1.29 is 0 Å². The third-order valence-electron chi connectivity index (χ3n) is 3.68. The van der Waals surface area contributed by atoms with E-state index in [1.165, 1.54) is 11.3 Å². The maximum Gasteiger partial charge on any atom is 0.0596 e. The molecule has 1 heterocycles. The molecule has 1 unspecified atom stereocenters. The minimum absolute atomic E-state index is 0.212. The Bertz CT molecular complexity index is 604. The Labute approximate surface area is 132 Å². The van der Waals surface area contributed by atoms with Gasteiger partial charge in [-0.3, -0.25) is 4.68 Å². The van der Waals surface area contributed by atoms with Gasteiger partial charge >= 0.3 is 0 Å². The Balaban J connectivity index is 2.30. The highest BCUT2D eigenvalue weighted by molar-refractivity contribution is 6.31. The molecule has 0 bridgehead atoms. The molecule has 4 heteroatoms. The fourth-order valence-electron chi connectivity index (χ4n) is 2.70. The second kappa shape index (κ2) is 7.10. The third-order valence-corrected chi connectivity index (χ3v) is 4.01. The number of nitrogens with zero attached hydrogens (tertiary/aromatic N) is 2. The second-order valence-corrected chi connectivity index (χ2v) is 5.84. The van der Waals surface area contributed by atoms with Gasteiger partial charge in [-0.25, -0.2) is 0 Å². The zero-order valence-corrected chi connectivity index (χ0v) is 14.0. The average Bonchev–Trinajstić information content (AvgIpc) is 2.78. The largest absolute Gasteiger partial charge is 0.310 e.